The Morgan fingerprint density at radius 2 is 1.96 bits per heavy atom. The number of amides is 2. The van der Waals surface area contributed by atoms with Crippen molar-refractivity contribution >= 4 is 45.7 Å². The Balaban J connectivity index is 1.59. The van der Waals surface area contributed by atoms with Crippen LogP contribution in [0.1, 0.15) is 19.8 Å². The topological polar surface area (TPSA) is 66.4 Å². The third-order valence-electron chi connectivity index (χ3n) is 3.69. The molecule has 0 spiro atoms. The van der Waals surface area contributed by atoms with E-state index in [1.165, 1.54) is 23.1 Å². The molecule has 0 saturated heterocycles. The molecule has 1 aromatic heterocycles. The molecule has 8 heteroatoms. The van der Waals surface area contributed by atoms with E-state index in [1.54, 1.807) is 23.8 Å². The molecule has 0 unspecified atom stereocenters. The summed E-state index contributed by atoms with van der Waals surface area (Å²) in [4.78, 5) is 27.4. The van der Waals surface area contributed by atoms with Gasteiger partial charge in [0.15, 0.2) is 4.34 Å². The standard InChI is InChI=1S/C16H18N4O2S2/c1-11(21)20(13-8-9-13)15-17-18-16(24-15)23-10-14(22)19(2)12-6-4-3-5-7-12/h3-7,13H,8-10H2,1-2H3. The number of para-hydroxylation sites is 1. The van der Waals surface area contributed by atoms with Crippen LogP contribution in [0.15, 0.2) is 34.7 Å². The van der Waals surface area contributed by atoms with E-state index in [0.717, 1.165) is 18.5 Å². The first-order chi connectivity index (χ1) is 11.6. The maximum Gasteiger partial charge on any atom is 0.237 e. The first-order valence-electron chi connectivity index (χ1n) is 7.64. The van der Waals surface area contributed by atoms with Crippen molar-refractivity contribution in [2.45, 2.75) is 30.1 Å². The molecule has 1 aromatic carbocycles. The van der Waals surface area contributed by atoms with Gasteiger partial charge in [-0.25, -0.2) is 0 Å². The first-order valence-corrected chi connectivity index (χ1v) is 9.44. The van der Waals surface area contributed by atoms with Gasteiger partial charge in [0.2, 0.25) is 16.9 Å². The maximum atomic E-state index is 12.3. The van der Waals surface area contributed by atoms with Crippen LogP contribution in [0.25, 0.3) is 0 Å². The normalized spacial score (nSPS) is 13.6. The Morgan fingerprint density at radius 3 is 2.58 bits per heavy atom. The van der Waals surface area contributed by atoms with Crippen molar-refractivity contribution in [1.82, 2.24) is 10.2 Å². The van der Waals surface area contributed by atoms with Crippen LogP contribution in [0.5, 0.6) is 0 Å². The summed E-state index contributed by atoms with van der Waals surface area (Å²) in [6.45, 7) is 1.55. The second kappa shape index (κ2) is 7.31. The molecule has 6 nitrogen and oxygen atoms in total. The van der Waals surface area contributed by atoms with Crippen LogP contribution in [0.4, 0.5) is 10.8 Å². The van der Waals surface area contributed by atoms with E-state index in [-0.39, 0.29) is 23.6 Å². The van der Waals surface area contributed by atoms with Crippen molar-refractivity contribution in [3.63, 3.8) is 0 Å². The zero-order valence-electron chi connectivity index (χ0n) is 13.5. The lowest BCUT2D eigenvalue weighted by Crippen LogP contribution is -2.30. The predicted molar refractivity (Wildman–Crippen MR) is 96.7 cm³/mol. The molecular weight excluding hydrogens is 344 g/mol. The first kappa shape index (κ1) is 16.9. The number of carbonyl (C=O) groups excluding carboxylic acids is 2. The summed E-state index contributed by atoms with van der Waals surface area (Å²) in [6, 6.07) is 9.77. The molecule has 1 aliphatic carbocycles. The summed E-state index contributed by atoms with van der Waals surface area (Å²) in [5.41, 5.74) is 0.859. The molecule has 3 rings (SSSR count). The molecule has 24 heavy (non-hydrogen) atoms. The van der Waals surface area contributed by atoms with Crippen molar-refractivity contribution in [3.05, 3.63) is 30.3 Å². The van der Waals surface area contributed by atoms with Gasteiger partial charge < -0.3 is 4.90 Å². The molecule has 0 bridgehead atoms. The minimum Gasteiger partial charge on any atom is -0.315 e. The fraction of sp³-hybridized carbons (Fsp3) is 0.375. The average molecular weight is 362 g/mol. The molecular formula is C16H18N4O2S2. The fourth-order valence-electron chi connectivity index (χ4n) is 2.25. The van der Waals surface area contributed by atoms with Crippen LogP contribution in [0.3, 0.4) is 0 Å². The lowest BCUT2D eigenvalue weighted by molar-refractivity contribution is -0.117. The van der Waals surface area contributed by atoms with Gasteiger partial charge in [-0.3, -0.25) is 14.5 Å². The Hall–Kier alpha value is -1.93. The second-order valence-electron chi connectivity index (χ2n) is 5.55. The molecule has 0 atom stereocenters. The number of nitrogens with zero attached hydrogens (tertiary/aromatic N) is 4. The van der Waals surface area contributed by atoms with E-state index < -0.39 is 0 Å². The van der Waals surface area contributed by atoms with Crippen LogP contribution in [0.2, 0.25) is 0 Å². The third-order valence-corrected chi connectivity index (χ3v) is 5.73. The molecule has 1 saturated carbocycles. The van der Waals surface area contributed by atoms with Crippen molar-refractivity contribution in [2.75, 3.05) is 22.6 Å². The molecule has 0 aliphatic heterocycles. The number of carbonyl (C=O) groups is 2. The van der Waals surface area contributed by atoms with Gasteiger partial charge in [-0.05, 0) is 25.0 Å². The number of hydrogen-bond acceptors (Lipinski definition) is 6. The quantitative estimate of drug-likeness (QED) is 0.584. The second-order valence-corrected chi connectivity index (χ2v) is 7.73. The minimum absolute atomic E-state index is 0.00596. The van der Waals surface area contributed by atoms with Gasteiger partial charge >= 0.3 is 0 Å². The minimum atomic E-state index is -0.00918. The van der Waals surface area contributed by atoms with Gasteiger partial charge in [0, 0.05) is 25.7 Å². The van der Waals surface area contributed by atoms with Crippen LogP contribution in [-0.2, 0) is 9.59 Å². The van der Waals surface area contributed by atoms with E-state index in [4.69, 9.17) is 0 Å². The Bertz CT molecular complexity index is 731. The number of anilines is 2. The van der Waals surface area contributed by atoms with Gasteiger partial charge in [-0.2, -0.15) is 0 Å². The number of thioether (sulfide) groups is 1. The van der Waals surface area contributed by atoms with Crippen LogP contribution in [0, 0.1) is 0 Å². The van der Waals surface area contributed by atoms with Crippen molar-refractivity contribution in [2.24, 2.45) is 0 Å². The summed E-state index contributed by atoms with van der Waals surface area (Å²) in [5, 5.41) is 8.83. The molecule has 2 aromatic rings. The summed E-state index contributed by atoms with van der Waals surface area (Å²) < 4.78 is 0.701. The van der Waals surface area contributed by atoms with Crippen molar-refractivity contribution in [1.29, 1.82) is 0 Å². The molecule has 1 aliphatic rings. The highest BCUT2D eigenvalue weighted by Gasteiger charge is 2.34. The Labute approximate surface area is 148 Å². The summed E-state index contributed by atoms with van der Waals surface area (Å²) in [5.74, 6) is 0.266. The smallest absolute Gasteiger partial charge is 0.237 e. The predicted octanol–water partition coefficient (Wildman–Crippen LogP) is 2.81. The Kier molecular flexibility index (Phi) is 5.15. The van der Waals surface area contributed by atoms with Gasteiger partial charge in [-0.1, -0.05) is 41.3 Å². The summed E-state index contributed by atoms with van der Waals surface area (Å²) in [6.07, 6.45) is 2.03. The van der Waals surface area contributed by atoms with Crippen molar-refractivity contribution < 1.29 is 9.59 Å². The SMILES string of the molecule is CC(=O)N(c1nnc(SCC(=O)N(C)c2ccccc2)s1)C1CC1. The van der Waals surface area contributed by atoms with Gasteiger partial charge in [0.05, 0.1) is 5.75 Å². The highest BCUT2D eigenvalue weighted by atomic mass is 32.2. The van der Waals surface area contributed by atoms with E-state index >= 15 is 0 Å². The molecule has 1 fully saturated rings. The maximum absolute atomic E-state index is 12.3. The van der Waals surface area contributed by atoms with Crippen LogP contribution in [-0.4, -0.2) is 40.9 Å². The monoisotopic (exact) mass is 362 g/mol. The molecule has 0 N–H and O–H groups in total. The van der Waals surface area contributed by atoms with E-state index in [0.29, 0.717) is 9.47 Å². The molecule has 0 radical (unpaired) electrons. The molecule has 1 heterocycles. The van der Waals surface area contributed by atoms with E-state index in [1.807, 2.05) is 30.3 Å². The fourth-order valence-corrected chi connectivity index (χ4v) is 4.13. The Morgan fingerprint density at radius 1 is 1.25 bits per heavy atom. The summed E-state index contributed by atoms with van der Waals surface area (Å²) in [7, 11) is 1.76. The van der Waals surface area contributed by atoms with E-state index in [9.17, 15) is 9.59 Å². The third kappa shape index (κ3) is 3.93. The van der Waals surface area contributed by atoms with Crippen LogP contribution >= 0.6 is 23.1 Å². The van der Waals surface area contributed by atoms with Crippen molar-refractivity contribution in [3.8, 4) is 0 Å². The van der Waals surface area contributed by atoms with Gasteiger partial charge in [0.25, 0.3) is 0 Å². The van der Waals surface area contributed by atoms with Gasteiger partial charge in [0.1, 0.15) is 0 Å². The average Bonchev–Trinajstić information content (AvgIpc) is 3.30. The van der Waals surface area contributed by atoms with E-state index in [2.05, 4.69) is 10.2 Å². The largest absolute Gasteiger partial charge is 0.315 e. The lowest BCUT2D eigenvalue weighted by atomic mass is 10.3. The zero-order valence-corrected chi connectivity index (χ0v) is 15.1. The van der Waals surface area contributed by atoms with Gasteiger partial charge in [-0.15, -0.1) is 10.2 Å². The number of benzene rings is 1. The molecule has 126 valence electrons. The zero-order chi connectivity index (χ0) is 17.1. The number of rotatable bonds is 6. The molecule has 2 amide bonds. The number of hydrogen-bond donors (Lipinski definition) is 0. The highest BCUT2D eigenvalue weighted by Crippen LogP contribution is 2.35. The highest BCUT2D eigenvalue weighted by molar-refractivity contribution is 8.01. The summed E-state index contributed by atoms with van der Waals surface area (Å²) >= 11 is 2.71. The number of aromatic nitrogens is 2. The van der Waals surface area contributed by atoms with Crippen LogP contribution < -0.4 is 9.80 Å². The lowest BCUT2D eigenvalue weighted by Gasteiger charge is -2.16.